The van der Waals surface area contributed by atoms with Crippen molar-refractivity contribution in [3.8, 4) is 0 Å². The zero-order valence-corrected chi connectivity index (χ0v) is 26.9. The molecule has 0 aromatic heterocycles. The maximum atomic E-state index is 12.8. The summed E-state index contributed by atoms with van der Waals surface area (Å²) in [4.78, 5) is 26.6. The van der Waals surface area contributed by atoms with Crippen LogP contribution in [0.15, 0.2) is 0 Å². The summed E-state index contributed by atoms with van der Waals surface area (Å²) < 4.78 is 11.2. The Bertz CT molecular complexity index is 540. The molecule has 0 aliphatic carbocycles. The molecular weight excluding hydrogens is 502 g/mol. The van der Waals surface area contributed by atoms with E-state index in [1.165, 1.54) is 64.2 Å². The maximum absolute atomic E-state index is 12.8. The van der Waals surface area contributed by atoms with Crippen LogP contribution in [0.4, 0.5) is 0 Å². The van der Waals surface area contributed by atoms with Gasteiger partial charge in [-0.25, -0.2) is 0 Å². The topological polar surface area (TPSA) is 76.1 Å². The van der Waals surface area contributed by atoms with Crippen molar-refractivity contribution in [3.05, 3.63) is 0 Å². The number of carbonyl (C=O) groups excluding carboxylic acids is 2. The van der Waals surface area contributed by atoms with Crippen LogP contribution in [0, 0.1) is 0 Å². The van der Waals surface area contributed by atoms with Crippen molar-refractivity contribution in [2.45, 2.75) is 175 Å². The first-order chi connectivity index (χ1) is 19.6. The monoisotopic (exact) mass is 570 g/mol. The van der Waals surface area contributed by atoms with Crippen molar-refractivity contribution in [2.24, 2.45) is 0 Å². The average molecular weight is 570 g/mol. The van der Waals surface area contributed by atoms with E-state index in [4.69, 9.17) is 9.47 Å². The lowest BCUT2D eigenvalue weighted by atomic mass is 10.0. The number of esters is 2. The molecule has 6 nitrogen and oxygen atoms in total. The number of ether oxygens (including phenoxy) is 2. The van der Waals surface area contributed by atoms with Gasteiger partial charge in [-0.05, 0) is 51.5 Å². The molecule has 0 saturated carbocycles. The van der Waals surface area contributed by atoms with Crippen molar-refractivity contribution in [1.29, 1.82) is 0 Å². The number of aliphatic hydroxyl groups excluding tert-OH is 1. The third-order valence-corrected chi connectivity index (χ3v) is 7.69. The van der Waals surface area contributed by atoms with Gasteiger partial charge in [0.25, 0.3) is 0 Å². The molecule has 0 aromatic rings. The molecule has 0 radical (unpaired) electrons. The summed E-state index contributed by atoms with van der Waals surface area (Å²) in [5.41, 5.74) is 0. The second-order valence-corrected chi connectivity index (χ2v) is 11.7. The van der Waals surface area contributed by atoms with Crippen molar-refractivity contribution in [3.63, 3.8) is 0 Å². The van der Waals surface area contributed by atoms with E-state index in [2.05, 4.69) is 20.8 Å². The second-order valence-electron chi connectivity index (χ2n) is 11.7. The molecule has 0 amide bonds. The van der Waals surface area contributed by atoms with E-state index in [0.29, 0.717) is 19.6 Å². The zero-order valence-electron chi connectivity index (χ0n) is 26.9. The second kappa shape index (κ2) is 30.8. The number of nitrogens with zero attached hydrogens (tertiary/aromatic N) is 1. The molecule has 0 fully saturated rings. The summed E-state index contributed by atoms with van der Waals surface area (Å²) in [6.45, 7) is 8.77. The van der Waals surface area contributed by atoms with Gasteiger partial charge in [-0.2, -0.15) is 0 Å². The Labute approximate surface area is 248 Å². The third-order valence-electron chi connectivity index (χ3n) is 7.69. The predicted molar refractivity (Wildman–Crippen MR) is 168 cm³/mol. The highest BCUT2D eigenvalue weighted by Gasteiger charge is 2.17. The van der Waals surface area contributed by atoms with Gasteiger partial charge in [-0.15, -0.1) is 0 Å². The van der Waals surface area contributed by atoms with E-state index < -0.39 is 0 Å². The van der Waals surface area contributed by atoms with Crippen molar-refractivity contribution >= 4 is 11.9 Å². The van der Waals surface area contributed by atoms with E-state index in [0.717, 1.165) is 83.6 Å². The van der Waals surface area contributed by atoms with E-state index in [1.807, 2.05) is 4.90 Å². The molecule has 0 unspecified atom stereocenters. The van der Waals surface area contributed by atoms with Gasteiger partial charge >= 0.3 is 11.9 Å². The highest BCUT2D eigenvalue weighted by Crippen LogP contribution is 2.17. The molecule has 40 heavy (non-hydrogen) atoms. The number of hydrogen-bond donors (Lipinski definition) is 1. The van der Waals surface area contributed by atoms with Crippen LogP contribution >= 0.6 is 0 Å². The minimum atomic E-state index is -0.138. The molecule has 0 rings (SSSR count). The highest BCUT2D eigenvalue weighted by atomic mass is 16.5. The van der Waals surface area contributed by atoms with Crippen molar-refractivity contribution in [2.75, 3.05) is 32.8 Å². The van der Waals surface area contributed by atoms with Gasteiger partial charge in [-0.1, -0.05) is 117 Å². The van der Waals surface area contributed by atoms with Gasteiger partial charge < -0.3 is 14.6 Å². The Morgan fingerprint density at radius 3 is 1.65 bits per heavy atom. The summed E-state index contributed by atoms with van der Waals surface area (Å²) in [7, 11) is 0. The minimum absolute atomic E-state index is 0.0322. The van der Waals surface area contributed by atoms with Crippen LogP contribution in [-0.2, 0) is 19.1 Å². The lowest BCUT2D eigenvalue weighted by molar-refractivity contribution is -0.151. The summed E-state index contributed by atoms with van der Waals surface area (Å²) in [6.07, 6.45) is 25.8. The molecule has 0 bridgehead atoms. The number of carbonyl (C=O) groups is 2. The zero-order chi connectivity index (χ0) is 29.5. The Morgan fingerprint density at radius 2 is 1.10 bits per heavy atom. The number of unbranched alkanes of at least 4 members (excludes halogenated alkanes) is 16. The Hall–Kier alpha value is -1.14. The van der Waals surface area contributed by atoms with Gasteiger partial charge in [-0.3, -0.25) is 14.5 Å². The lowest BCUT2D eigenvalue weighted by Gasteiger charge is -2.23. The summed E-state index contributed by atoms with van der Waals surface area (Å²) in [6, 6.07) is 0. The van der Waals surface area contributed by atoms with Gasteiger partial charge in [0.2, 0.25) is 0 Å². The first-order valence-corrected chi connectivity index (χ1v) is 17.3. The molecule has 0 saturated heterocycles. The first-order valence-electron chi connectivity index (χ1n) is 17.3. The minimum Gasteiger partial charge on any atom is -0.466 e. The average Bonchev–Trinajstić information content (AvgIpc) is 2.93. The van der Waals surface area contributed by atoms with Crippen LogP contribution in [0.1, 0.15) is 168 Å². The molecule has 0 aromatic carbocycles. The molecule has 1 N–H and O–H groups in total. The van der Waals surface area contributed by atoms with Crippen LogP contribution in [0.2, 0.25) is 0 Å². The van der Waals surface area contributed by atoms with Gasteiger partial charge in [0.05, 0.1) is 19.8 Å². The Balaban J connectivity index is 4.28. The standard InChI is InChI=1S/C34H67NO5/c1-4-7-10-12-16-20-24-32(25-21-17-13-11-8-5-2)40-34(38)31-35(28-29-36)27-23-19-15-14-18-22-26-33(37)39-30-9-6-3/h32,36H,4-31H2,1-3H3. The van der Waals surface area contributed by atoms with Crippen LogP contribution in [0.3, 0.4) is 0 Å². The smallest absolute Gasteiger partial charge is 0.320 e. The normalized spacial score (nSPS) is 11.4. The van der Waals surface area contributed by atoms with Crippen LogP contribution in [-0.4, -0.2) is 60.9 Å². The van der Waals surface area contributed by atoms with Gasteiger partial charge in [0, 0.05) is 13.0 Å². The molecule has 6 heteroatoms. The fourth-order valence-electron chi connectivity index (χ4n) is 5.10. The highest BCUT2D eigenvalue weighted by molar-refractivity contribution is 5.71. The Kier molecular flexibility index (Phi) is 29.9. The fraction of sp³-hybridized carbons (Fsp3) is 0.941. The number of aliphatic hydroxyl groups is 1. The van der Waals surface area contributed by atoms with Crippen molar-refractivity contribution in [1.82, 2.24) is 4.90 Å². The fourth-order valence-corrected chi connectivity index (χ4v) is 5.10. The molecule has 0 aliphatic heterocycles. The Morgan fingerprint density at radius 1 is 0.600 bits per heavy atom. The third kappa shape index (κ3) is 27.1. The molecule has 0 aliphatic rings. The summed E-state index contributed by atoms with van der Waals surface area (Å²) in [5, 5.41) is 9.52. The largest absolute Gasteiger partial charge is 0.466 e. The van der Waals surface area contributed by atoms with E-state index in [9.17, 15) is 14.7 Å². The quantitative estimate of drug-likeness (QED) is 0.0664. The van der Waals surface area contributed by atoms with Crippen LogP contribution in [0.25, 0.3) is 0 Å². The van der Waals surface area contributed by atoms with Gasteiger partial charge in [0.1, 0.15) is 6.10 Å². The first kappa shape index (κ1) is 38.9. The van der Waals surface area contributed by atoms with Crippen LogP contribution in [0.5, 0.6) is 0 Å². The van der Waals surface area contributed by atoms with E-state index in [-0.39, 0.29) is 31.2 Å². The predicted octanol–water partition coefficient (Wildman–Crippen LogP) is 8.77. The van der Waals surface area contributed by atoms with E-state index in [1.54, 1.807) is 0 Å². The van der Waals surface area contributed by atoms with Crippen LogP contribution < -0.4 is 0 Å². The van der Waals surface area contributed by atoms with Crippen molar-refractivity contribution < 1.29 is 24.2 Å². The molecule has 0 spiro atoms. The lowest BCUT2D eigenvalue weighted by Crippen LogP contribution is -2.35. The van der Waals surface area contributed by atoms with Gasteiger partial charge in [0.15, 0.2) is 0 Å². The molecule has 0 heterocycles. The van der Waals surface area contributed by atoms with E-state index >= 15 is 0 Å². The number of rotatable bonds is 31. The molecular formula is C34H67NO5. The summed E-state index contributed by atoms with van der Waals surface area (Å²) >= 11 is 0. The SMILES string of the molecule is CCCCCCCCC(CCCCCCCC)OC(=O)CN(CCO)CCCCCCCCC(=O)OCCCC. The maximum Gasteiger partial charge on any atom is 0.320 e. The molecule has 238 valence electrons. The summed E-state index contributed by atoms with van der Waals surface area (Å²) in [5.74, 6) is -0.206. The molecule has 0 atom stereocenters. The number of hydrogen-bond acceptors (Lipinski definition) is 6.